The molecule has 0 saturated carbocycles. The maximum absolute atomic E-state index is 13.2. The van der Waals surface area contributed by atoms with Crippen LogP contribution in [0.2, 0.25) is 0 Å². The highest BCUT2D eigenvalue weighted by Crippen LogP contribution is 2.19. The van der Waals surface area contributed by atoms with E-state index in [4.69, 9.17) is 9.84 Å². The Kier molecular flexibility index (Phi) is 6.39. The maximum atomic E-state index is 13.2. The number of carboxylic acids is 1. The van der Waals surface area contributed by atoms with E-state index < -0.39 is 34.3 Å². The van der Waals surface area contributed by atoms with E-state index in [1.165, 1.54) is 6.07 Å². The maximum Gasteiger partial charge on any atom is 0.326 e. The van der Waals surface area contributed by atoms with Gasteiger partial charge in [0.15, 0.2) is 0 Å². The van der Waals surface area contributed by atoms with Crippen molar-refractivity contribution in [3.63, 3.8) is 0 Å². The van der Waals surface area contributed by atoms with Gasteiger partial charge in [-0.3, -0.25) is 14.9 Å². The normalized spacial score (nSPS) is 11.7. The topological polar surface area (TPSA) is 119 Å². The van der Waals surface area contributed by atoms with Gasteiger partial charge in [-0.2, -0.15) is 4.39 Å². The largest absolute Gasteiger partial charge is 0.480 e. The summed E-state index contributed by atoms with van der Waals surface area (Å²) in [7, 11) is 0. The fraction of sp³-hybridized carbons (Fsp3) is 0.385. The zero-order chi connectivity index (χ0) is 16.7. The fourth-order valence-electron chi connectivity index (χ4n) is 1.69. The third kappa shape index (κ3) is 5.09. The van der Waals surface area contributed by atoms with Crippen molar-refractivity contribution >= 4 is 17.6 Å². The molecule has 1 atom stereocenters. The minimum Gasteiger partial charge on any atom is -0.480 e. The summed E-state index contributed by atoms with van der Waals surface area (Å²) in [5.41, 5.74) is -0.528. The molecule has 0 spiro atoms. The van der Waals surface area contributed by atoms with Gasteiger partial charge in [0.25, 0.3) is 0 Å². The molecule has 0 aromatic heterocycles. The summed E-state index contributed by atoms with van der Waals surface area (Å²) in [6, 6.07) is 1.76. The van der Waals surface area contributed by atoms with Crippen LogP contribution in [0.25, 0.3) is 0 Å². The van der Waals surface area contributed by atoms with Crippen LogP contribution < -0.4 is 5.32 Å². The van der Waals surface area contributed by atoms with E-state index in [0.717, 1.165) is 12.1 Å². The van der Waals surface area contributed by atoms with Crippen LogP contribution >= 0.6 is 0 Å². The SMILES string of the molecule is CCOCC(=O)N[C@@H](Cc1ccc(F)c([N+](=O)[O-])c1)C(=O)O. The molecule has 9 heteroatoms. The first-order valence-corrected chi connectivity index (χ1v) is 6.37. The predicted molar refractivity (Wildman–Crippen MR) is 72.8 cm³/mol. The second-order valence-corrected chi connectivity index (χ2v) is 4.34. The highest BCUT2D eigenvalue weighted by molar-refractivity contribution is 5.84. The Morgan fingerprint density at radius 2 is 2.18 bits per heavy atom. The number of benzene rings is 1. The molecule has 0 saturated heterocycles. The zero-order valence-corrected chi connectivity index (χ0v) is 11.7. The van der Waals surface area contributed by atoms with Gasteiger partial charge in [-0.1, -0.05) is 6.07 Å². The lowest BCUT2D eigenvalue weighted by Gasteiger charge is -2.14. The zero-order valence-electron chi connectivity index (χ0n) is 11.7. The molecule has 0 bridgehead atoms. The van der Waals surface area contributed by atoms with E-state index in [-0.39, 0.29) is 18.6 Å². The van der Waals surface area contributed by atoms with Gasteiger partial charge in [0.05, 0.1) is 4.92 Å². The molecule has 1 aromatic carbocycles. The number of hydrogen-bond acceptors (Lipinski definition) is 5. The summed E-state index contributed by atoms with van der Waals surface area (Å²) in [4.78, 5) is 32.4. The van der Waals surface area contributed by atoms with Crippen molar-refractivity contribution in [2.45, 2.75) is 19.4 Å². The number of carboxylic acid groups (broad SMARTS) is 1. The second-order valence-electron chi connectivity index (χ2n) is 4.34. The average molecular weight is 314 g/mol. The number of nitrogens with zero attached hydrogens (tertiary/aromatic N) is 1. The third-order valence-corrected chi connectivity index (χ3v) is 2.72. The molecule has 0 radical (unpaired) electrons. The number of halogens is 1. The number of nitro groups is 1. The van der Waals surface area contributed by atoms with Gasteiger partial charge < -0.3 is 15.2 Å². The minimum absolute atomic E-state index is 0.214. The fourth-order valence-corrected chi connectivity index (χ4v) is 1.69. The molecule has 0 aliphatic heterocycles. The molecule has 0 fully saturated rings. The van der Waals surface area contributed by atoms with Crippen molar-refractivity contribution < 1.29 is 28.7 Å². The summed E-state index contributed by atoms with van der Waals surface area (Å²) < 4.78 is 18.1. The lowest BCUT2D eigenvalue weighted by Crippen LogP contribution is -2.43. The number of nitro benzene ring substituents is 1. The standard InChI is InChI=1S/C13H15FN2O6/c1-2-22-7-12(17)15-10(13(18)19)5-8-3-4-9(14)11(6-8)16(20)21/h3-4,6,10H,2,5,7H2,1H3,(H,15,17)(H,18,19)/t10-/m0/s1. The summed E-state index contributed by atoms with van der Waals surface area (Å²) >= 11 is 0. The lowest BCUT2D eigenvalue weighted by atomic mass is 10.0. The number of amides is 1. The van der Waals surface area contributed by atoms with Gasteiger partial charge in [0.2, 0.25) is 11.7 Å². The molecule has 0 aliphatic carbocycles. The quantitative estimate of drug-likeness (QED) is 0.543. The molecule has 22 heavy (non-hydrogen) atoms. The van der Waals surface area contributed by atoms with E-state index in [1.54, 1.807) is 6.92 Å². The van der Waals surface area contributed by atoms with Crippen molar-refractivity contribution in [3.05, 3.63) is 39.7 Å². The summed E-state index contributed by atoms with van der Waals surface area (Å²) in [5.74, 6) is -2.94. The smallest absolute Gasteiger partial charge is 0.326 e. The van der Waals surface area contributed by atoms with Gasteiger partial charge in [-0.25, -0.2) is 4.79 Å². The number of carbonyl (C=O) groups excluding carboxylic acids is 1. The molecular formula is C13H15FN2O6. The van der Waals surface area contributed by atoms with Crippen molar-refractivity contribution in [1.29, 1.82) is 0 Å². The highest BCUT2D eigenvalue weighted by atomic mass is 19.1. The van der Waals surface area contributed by atoms with Crippen molar-refractivity contribution in [2.75, 3.05) is 13.2 Å². The third-order valence-electron chi connectivity index (χ3n) is 2.72. The Morgan fingerprint density at radius 1 is 1.50 bits per heavy atom. The molecule has 0 aliphatic rings. The van der Waals surface area contributed by atoms with E-state index in [1.807, 2.05) is 0 Å². The van der Waals surface area contributed by atoms with Gasteiger partial charge in [-0.05, 0) is 18.6 Å². The molecule has 1 amide bonds. The van der Waals surface area contributed by atoms with Crippen LogP contribution in [0.3, 0.4) is 0 Å². The first-order chi connectivity index (χ1) is 10.3. The van der Waals surface area contributed by atoms with Gasteiger partial charge >= 0.3 is 11.7 Å². The Balaban J connectivity index is 2.83. The molecule has 120 valence electrons. The number of carbonyl (C=O) groups is 2. The van der Waals surface area contributed by atoms with E-state index in [2.05, 4.69) is 5.32 Å². The van der Waals surface area contributed by atoms with Crippen LogP contribution in [0.1, 0.15) is 12.5 Å². The highest BCUT2D eigenvalue weighted by Gasteiger charge is 2.22. The number of rotatable bonds is 8. The molecular weight excluding hydrogens is 299 g/mol. The Bertz CT molecular complexity index is 578. The minimum atomic E-state index is -1.31. The van der Waals surface area contributed by atoms with Crippen LogP contribution in [0.15, 0.2) is 18.2 Å². The van der Waals surface area contributed by atoms with Crippen LogP contribution in [0.5, 0.6) is 0 Å². The summed E-state index contributed by atoms with van der Waals surface area (Å²) in [6.45, 7) is 1.69. The van der Waals surface area contributed by atoms with Gasteiger partial charge in [-0.15, -0.1) is 0 Å². The number of nitrogens with one attached hydrogen (secondary N) is 1. The van der Waals surface area contributed by atoms with Crippen LogP contribution in [0.4, 0.5) is 10.1 Å². The van der Waals surface area contributed by atoms with E-state index in [9.17, 15) is 24.1 Å². The van der Waals surface area contributed by atoms with Gasteiger partial charge in [0.1, 0.15) is 12.6 Å². The molecule has 8 nitrogen and oxygen atoms in total. The number of ether oxygens (including phenoxy) is 1. The van der Waals surface area contributed by atoms with Crippen molar-refractivity contribution in [3.8, 4) is 0 Å². The Hall–Kier alpha value is -2.55. The molecule has 0 unspecified atom stereocenters. The van der Waals surface area contributed by atoms with Crippen LogP contribution in [0, 0.1) is 15.9 Å². The molecule has 1 rings (SSSR count). The van der Waals surface area contributed by atoms with E-state index >= 15 is 0 Å². The number of hydrogen-bond donors (Lipinski definition) is 2. The first kappa shape index (κ1) is 17.5. The molecule has 1 aromatic rings. The average Bonchev–Trinajstić information content (AvgIpc) is 2.45. The Labute approximate surface area is 125 Å². The predicted octanol–water partition coefficient (Wildman–Crippen LogP) is 0.882. The van der Waals surface area contributed by atoms with Crippen LogP contribution in [-0.2, 0) is 20.7 Å². The van der Waals surface area contributed by atoms with E-state index in [0.29, 0.717) is 6.61 Å². The second kappa shape index (κ2) is 8.03. The lowest BCUT2D eigenvalue weighted by molar-refractivity contribution is -0.387. The summed E-state index contributed by atoms with van der Waals surface area (Å²) in [5, 5.41) is 22.0. The van der Waals surface area contributed by atoms with Crippen molar-refractivity contribution in [2.24, 2.45) is 0 Å². The van der Waals surface area contributed by atoms with Crippen molar-refractivity contribution in [1.82, 2.24) is 5.32 Å². The van der Waals surface area contributed by atoms with Crippen LogP contribution in [-0.4, -0.2) is 41.2 Å². The van der Waals surface area contributed by atoms with Gasteiger partial charge in [0, 0.05) is 19.1 Å². The molecule has 2 N–H and O–H groups in total. The first-order valence-electron chi connectivity index (χ1n) is 6.37. The molecule has 0 heterocycles. The Morgan fingerprint density at radius 3 is 2.73 bits per heavy atom. The summed E-state index contributed by atoms with van der Waals surface area (Å²) in [6.07, 6.45) is -0.214. The monoisotopic (exact) mass is 314 g/mol. The number of aliphatic carboxylic acids is 1.